The van der Waals surface area contributed by atoms with Crippen molar-refractivity contribution in [2.45, 2.75) is 13.8 Å². The van der Waals surface area contributed by atoms with Gasteiger partial charge in [0.2, 0.25) is 20.0 Å². The smallest absolute Gasteiger partial charge is 0.232 e. The minimum Gasteiger partial charge on any atom is -0.269 e. The number of nitrogens with zero attached hydrogens (tertiary/aromatic N) is 1. The monoisotopic (exact) mass is 320 g/mol. The maximum absolute atomic E-state index is 11.9. The van der Waals surface area contributed by atoms with Crippen LogP contribution in [-0.2, 0) is 20.0 Å². The normalized spacial score (nSPS) is 12.3. The first-order chi connectivity index (χ1) is 9.17. The average molecular weight is 320 g/mol. The molecule has 0 aromatic heterocycles. The number of hydrogen-bond acceptors (Lipinski definition) is 4. The number of rotatable bonds is 7. The van der Waals surface area contributed by atoms with Crippen LogP contribution in [0.4, 0.5) is 5.69 Å². The lowest BCUT2D eigenvalue weighted by atomic mass is 10.2. The highest BCUT2D eigenvalue weighted by Gasteiger charge is 2.19. The molecule has 20 heavy (non-hydrogen) atoms. The topological polar surface area (TPSA) is 83.6 Å². The lowest BCUT2D eigenvalue weighted by molar-refractivity contribution is 0.579. The lowest BCUT2D eigenvalue weighted by Gasteiger charge is -2.24. The van der Waals surface area contributed by atoms with Crippen LogP contribution in [0.5, 0.6) is 0 Å². The van der Waals surface area contributed by atoms with Crippen LogP contribution in [-0.4, -0.2) is 41.9 Å². The Balaban J connectivity index is 2.92. The van der Waals surface area contributed by atoms with Crippen molar-refractivity contribution < 1.29 is 16.8 Å². The second-order valence-corrected chi connectivity index (χ2v) is 8.42. The van der Waals surface area contributed by atoms with Crippen molar-refractivity contribution in [3.05, 3.63) is 29.8 Å². The van der Waals surface area contributed by atoms with Gasteiger partial charge >= 0.3 is 0 Å². The first kappa shape index (κ1) is 16.9. The molecule has 0 amide bonds. The van der Waals surface area contributed by atoms with E-state index in [-0.39, 0.29) is 18.8 Å². The molecule has 1 N–H and O–H groups in total. The zero-order valence-electron chi connectivity index (χ0n) is 11.8. The third-order valence-electron chi connectivity index (χ3n) is 2.80. The molecule has 0 fully saturated rings. The van der Waals surface area contributed by atoms with E-state index in [1.165, 1.54) is 11.2 Å². The Labute approximate surface area is 120 Å². The molecular weight excluding hydrogens is 300 g/mol. The Morgan fingerprint density at radius 1 is 1.15 bits per heavy atom. The molecule has 6 nitrogen and oxygen atoms in total. The molecule has 1 aromatic carbocycles. The first-order valence-corrected chi connectivity index (χ1v) is 9.68. The first-order valence-electron chi connectivity index (χ1n) is 6.18. The van der Waals surface area contributed by atoms with Crippen molar-refractivity contribution in [1.29, 1.82) is 0 Å². The summed E-state index contributed by atoms with van der Waals surface area (Å²) in [5.74, 6) is -0.0315. The Kier molecular flexibility index (Phi) is 5.55. The van der Waals surface area contributed by atoms with Gasteiger partial charge in [0.15, 0.2) is 0 Å². The van der Waals surface area contributed by atoms with E-state index < -0.39 is 20.0 Å². The number of nitrogens with one attached hydrogen (secondary N) is 1. The van der Waals surface area contributed by atoms with Crippen molar-refractivity contribution in [2.75, 3.05) is 29.4 Å². The van der Waals surface area contributed by atoms with E-state index in [1.54, 1.807) is 12.1 Å². The van der Waals surface area contributed by atoms with Crippen LogP contribution in [0.2, 0.25) is 0 Å². The number of sulfonamides is 2. The van der Waals surface area contributed by atoms with Gasteiger partial charge in [0.1, 0.15) is 0 Å². The summed E-state index contributed by atoms with van der Waals surface area (Å²) < 4.78 is 50.0. The molecule has 114 valence electrons. The van der Waals surface area contributed by atoms with Crippen LogP contribution in [0, 0.1) is 6.92 Å². The fraction of sp³-hybridized carbons (Fsp3) is 0.500. The molecule has 0 bridgehead atoms. The summed E-state index contributed by atoms with van der Waals surface area (Å²) in [6.07, 6.45) is 1.10. The molecule has 0 saturated carbocycles. The predicted molar refractivity (Wildman–Crippen MR) is 80.8 cm³/mol. The van der Waals surface area contributed by atoms with Gasteiger partial charge in [-0.3, -0.25) is 4.31 Å². The summed E-state index contributed by atoms with van der Waals surface area (Å²) in [7, 11) is -6.79. The summed E-state index contributed by atoms with van der Waals surface area (Å²) in [6, 6.07) is 7.07. The SMILES string of the molecule is CCS(=O)(=O)NCCN(c1ccccc1C)S(C)(=O)=O. The lowest BCUT2D eigenvalue weighted by Crippen LogP contribution is -2.38. The summed E-state index contributed by atoms with van der Waals surface area (Å²) in [5.41, 5.74) is 1.38. The fourth-order valence-electron chi connectivity index (χ4n) is 1.71. The number of aryl methyl sites for hydroxylation is 1. The predicted octanol–water partition coefficient (Wildman–Crippen LogP) is 0.700. The molecule has 0 unspecified atom stereocenters. The average Bonchev–Trinajstić information content (AvgIpc) is 2.34. The van der Waals surface area contributed by atoms with Crippen molar-refractivity contribution in [3.8, 4) is 0 Å². The summed E-state index contributed by atoms with van der Waals surface area (Å²) in [6.45, 7) is 3.43. The van der Waals surface area contributed by atoms with Crippen LogP contribution in [0.15, 0.2) is 24.3 Å². The van der Waals surface area contributed by atoms with Crippen LogP contribution in [0.25, 0.3) is 0 Å². The Morgan fingerprint density at radius 2 is 1.75 bits per heavy atom. The van der Waals surface area contributed by atoms with E-state index in [0.29, 0.717) is 5.69 Å². The van der Waals surface area contributed by atoms with Gasteiger partial charge in [-0.15, -0.1) is 0 Å². The van der Waals surface area contributed by atoms with E-state index in [9.17, 15) is 16.8 Å². The van der Waals surface area contributed by atoms with Crippen LogP contribution in [0.3, 0.4) is 0 Å². The van der Waals surface area contributed by atoms with E-state index in [1.807, 2.05) is 19.1 Å². The molecule has 0 radical (unpaired) electrons. The Hall–Kier alpha value is -1.12. The maximum atomic E-state index is 11.9. The molecule has 1 aromatic rings. The van der Waals surface area contributed by atoms with Crippen molar-refractivity contribution in [3.63, 3.8) is 0 Å². The molecular formula is C12H20N2O4S2. The molecule has 0 aliphatic rings. The maximum Gasteiger partial charge on any atom is 0.232 e. The summed E-state index contributed by atoms with van der Waals surface area (Å²) in [5, 5.41) is 0. The molecule has 0 atom stereocenters. The Morgan fingerprint density at radius 3 is 2.25 bits per heavy atom. The van der Waals surface area contributed by atoms with Gasteiger partial charge in [-0.05, 0) is 25.5 Å². The van der Waals surface area contributed by atoms with Crippen molar-refractivity contribution in [2.24, 2.45) is 0 Å². The molecule has 0 heterocycles. The number of anilines is 1. The van der Waals surface area contributed by atoms with Gasteiger partial charge < -0.3 is 0 Å². The minimum atomic E-state index is -3.47. The molecule has 8 heteroatoms. The van der Waals surface area contributed by atoms with Gasteiger partial charge in [0.25, 0.3) is 0 Å². The number of hydrogen-bond donors (Lipinski definition) is 1. The van der Waals surface area contributed by atoms with Gasteiger partial charge in [-0.25, -0.2) is 21.6 Å². The second-order valence-electron chi connectivity index (χ2n) is 4.42. The van der Waals surface area contributed by atoms with Crippen LogP contribution >= 0.6 is 0 Å². The highest BCUT2D eigenvalue weighted by Crippen LogP contribution is 2.21. The van der Waals surface area contributed by atoms with Gasteiger partial charge in [0, 0.05) is 13.1 Å². The molecule has 0 aliphatic carbocycles. The molecule has 1 rings (SSSR count). The molecule has 0 saturated heterocycles. The van der Waals surface area contributed by atoms with Crippen molar-refractivity contribution >= 4 is 25.7 Å². The van der Waals surface area contributed by atoms with Gasteiger partial charge in [-0.1, -0.05) is 18.2 Å². The summed E-state index contributed by atoms with van der Waals surface area (Å²) in [4.78, 5) is 0. The molecule has 0 aliphatic heterocycles. The van der Waals surface area contributed by atoms with Gasteiger partial charge in [0.05, 0.1) is 17.7 Å². The van der Waals surface area contributed by atoms with Crippen molar-refractivity contribution in [1.82, 2.24) is 4.72 Å². The fourth-order valence-corrected chi connectivity index (χ4v) is 3.30. The minimum absolute atomic E-state index is 0.0315. The van der Waals surface area contributed by atoms with E-state index >= 15 is 0 Å². The van der Waals surface area contributed by atoms with E-state index in [0.717, 1.165) is 11.8 Å². The van der Waals surface area contributed by atoms with Crippen LogP contribution < -0.4 is 9.03 Å². The zero-order chi connectivity index (χ0) is 15.4. The highest BCUT2D eigenvalue weighted by atomic mass is 32.2. The third-order valence-corrected chi connectivity index (χ3v) is 5.39. The highest BCUT2D eigenvalue weighted by molar-refractivity contribution is 7.92. The zero-order valence-corrected chi connectivity index (χ0v) is 13.5. The van der Waals surface area contributed by atoms with Gasteiger partial charge in [-0.2, -0.15) is 0 Å². The van der Waals surface area contributed by atoms with E-state index in [2.05, 4.69) is 4.72 Å². The Bertz CT molecular complexity index is 654. The standard InChI is InChI=1S/C12H20N2O4S2/c1-4-20(17,18)13-9-10-14(19(3,15)16)12-8-6-5-7-11(12)2/h5-8,13H,4,9-10H2,1-3H3. The number of para-hydroxylation sites is 1. The largest absolute Gasteiger partial charge is 0.269 e. The quantitative estimate of drug-likeness (QED) is 0.801. The molecule has 0 spiro atoms. The third kappa shape index (κ3) is 4.77. The van der Waals surface area contributed by atoms with E-state index in [4.69, 9.17) is 0 Å². The number of benzene rings is 1. The van der Waals surface area contributed by atoms with Crippen LogP contribution in [0.1, 0.15) is 12.5 Å². The second kappa shape index (κ2) is 6.55. The summed E-state index contributed by atoms with van der Waals surface area (Å²) >= 11 is 0.